The van der Waals surface area contributed by atoms with E-state index >= 15 is 0 Å². The first-order chi connectivity index (χ1) is 48.5. The summed E-state index contributed by atoms with van der Waals surface area (Å²) in [7, 11) is 0. The van der Waals surface area contributed by atoms with Crippen molar-refractivity contribution in [1.82, 2.24) is 51.2 Å². The van der Waals surface area contributed by atoms with Crippen LogP contribution >= 0.6 is 23.5 Å². The van der Waals surface area contributed by atoms with Crippen molar-refractivity contribution >= 4 is 117 Å². The third kappa shape index (κ3) is 25.9. The van der Waals surface area contributed by atoms with Gasteiger partial charge in [0.05, 0.1) is 56.3 Å². The van der Waals surface area contributed by atoms with Gasteiger partial charge in [0.2, 0.25) is 23.7 Å². The third-order valence-corrected chi connectivity index (χ3v) is 20.0. The van der Waals surface area contributed by atoms with Crippen molar-refractivity contribution < 1.29 is 81.8 Å². The topological polar surface area (TPSA) is 481 Å². The standard InChI is InChI=1S/C68H88N12O19S2/c1-3-42(59(85)71-24-28-96-30-32-98-53(83)20-16-49(65(91)92)75-61(87)43-10-4-40(5-11-43)8-14-45-35-73-57-55(45)63(89)79-67(69)77-57)37-100-51-18-19-52(51)101-38-47(34-48(82)23-27-95-26-22-39(2)81)60(86)72-25-29-97-31-33-99-54(84)21-17-50(66(93)94)76-62(88)44-12-6-41(7-13-44)9-15-46-36-74-58-56(46)64(90)80-68(70)78-58/h4-7,10-13,35-36,42,47,49-52H,3,8-9,14-34,37-38H2,1-2H3,(H,71,85)(H,72,86)(H,75,87)(H,76,88)(H,91,92)(H,93,94)(H4,69,73,77,79,89)(H4,70,74,78,80,90)/t42?,47?,49-,50-,51?,52?/m0/s1. The second-order valence-electron chi connectivity index (χ2n) is 24.1. The fraction of sp³-hybridized carbons (Fsp3) is 0.500. The number of nitrogens with one attached hydrogen (secondary N) is 8. The van der Waals surface area contributed by atoms with Crippen LogP contribution in [0.15, 0.2) is 70.5 Å². The fourth-order valence-corrected chi connectivity index (χ4v) is 14.1. The number of Topliss-reactive ketones (excluding diaryl/α,β-unsaturated/α-hetero) is 2. The Morgan fingerprint density at radius 1 is 0.564 bits per heavy atom. The summed E-state index contributed by atoms with van der Waals surface area (Å²) in [5.41, 5.74) is 15.0. The van der Waals surface area contributed by atoms with Crippen LogP contribution in [0.25, 0.3) is 22.1 Å². The SMILES string of the molecule is CCC(CSC1CCC1SCC(CC(=O)CCOCCC(C)=O)C(=O)NCCOCCOC(=O)CC[C@H](NC(=O)c1ccc(CCc2c[nH]c3nc(N)[nH]c(=O)c23)cc1)C(=O)O)C(=O)NCCOCCOC(=O)CC[C@H](NC(=O)c1ccc(CCc2c[nH]c3nc(N)[nH]c(=O)c23)cc1)C(=O)O. The number of thioether (sulfide) groups is 2. The van der Waals surface area contributed by atoms with E-state index in [1.807, 2.05) is 6.92 Å². The normalized spacial score (nSPS) is 14.6. The van der Waals surface area contributed by atoms with E-state index in [0.29, 0.717) is 65.7 Å². The number of carbonyl (C=O) groups excluding carboxylic acids is 8. The summed E-state index contributed by atoms with van der Waals surface area (Å²) in [6.07, 6.45) is 7.03. The van der Waals surface area contributed by atoms with Crippen LogP contribution in [0, 0.1) is 11.8 Å². The number of hydrogen-bond donors (Lipinski definition) is 12. The number of carboxylic acid groups (broad SMARTS) is 2. The van der Waals surface area contributed by atoms with E-state index in [0.717, 1.165) is 35.1 Å². The number of rotatable bonds is 47. The highest BCUT2D eigenvalue weighted by Gasteiger charge is 2.35. The number of aromatic nitrogens is 6. The summed E-state index contributed by atoms with van der Waals surface area (Å²) in [4.78, 5) is 170. The zero-order valence-electron chi connectivity index (χ0n) is 56.3. The minimum absolute atomic E-state index is 0.000336. The number of amides is 4. The molecule has 33 heteroatoms. The monoisotopic (exact) mass is 1440 g/mol. The van der Waals surface area contributed by atoms with E-state index in [1.165, 1.54) is 6.92 Å². The Bertz CT molecular complexity index is 3930. The number of aliphatic carboxylic acids is 2. The summed E-state index contributed by atoms with van der Waals surface area (Å²) < 4.78 is 27.0. The minimum Gasteiger partial charge on any atom is -0.480 e. The number of nitrogens with zero attached hydrogens (tertiary/aromatic N) is 2. The van der Waals surface area contributed by atoms with Crippen LogP contribution in [-0.2, 0) is 87.7 Å². The van der Waals surface area contributed by atoms with Crippen LogP contribution in [0.5, 0.6) is 0 Å². The van der Waals surface area contributed by atoms with Crippen molar-refractivity contribution in [3.05, 3.63) is 115 Å². The van der Waals surface area contributed by atoms with Crippen molar-refractivity contribution in [3.8, 4) is 0 Å². The van der Waals surface area contributed by atoms with Crippen LogP contribution in [0.1, 0.15) is 121 Å². The number of H-pyrrole nitrogens is 4. The van der Waals surface area contributed by atoms with Gasteiger partial charge in [0.25, 0.3) is 22.9 Å². The van der Waals surface area contributed by atoms with Crippen molar-refractivity contribution in [3.63, 3.8) is 0 Å². The molecular formula is C68H88N12O19S2. The Labute approximate surface area is 589 Å². The molecule has 4 heterocycles. The molecule has 101 heavy (non-hydrogen) atoms. The number of nitrogen functional groups attached to an aromatic ring is 2. The van der Waals surface area contributed by atoms with Gasteiger partial charge in [-0.05, 0) is 111 Å². The van der Waals surface area contributed by atoms with Gasteiger partial charge < -0.3 is 76.6 Å². The number of esters is 2. The number of benzene rings is 2. The molecule has 7 rings (SSSR count). The summed E-state index contributed by atoms with van der Waals surface area (Å²) in [5.74, 6) is -6.09. The maximum Gasteiger partial charge on any atom is 0.326 e. The molecule has 0 radical (unpaired) electrons. The van der Waals surface area contributed by atoms with Crippen LogP contribution < -0.4 is 43.9 Å². The highest BCUT2D eigenvalue weighted by Crippen LogP contribution is 2.42. The lowest BCUT2D eigenvalue weighted by molar-refractivity contribution is -0.147. The average Bonchev–Trinajstić information content (AvgIpc) is 1.70. The molecule has 0 saturated heterocycles. The number of hydrogen-bond acceptors (Lipinski definition) is 23. The molecule has 2 aromatic carbocycles. The Morgan fingerprint density at radius 2 is 0.990 bits per heavy atom. The van der Waals surface area contributed by atoms with Gasteiger partial charge >= 0.3 is 23.9 Å². The Hall–Kier alpha value is -9.44. The van der Waals surface area contributed by atoms with Crippen LogP contribution in [-0.4, -0.2) is 199 Å². The summed E-state index contributed by atoms with van der Waals surface area (Å²) >= 11 is 3.29. The second-order valence-corrected chi connectivity index (χ2v) is 26.6. The lowest BCUT2D eigenvalue weighted by atomic mass is 9.99. The van der Waals surface area contributed by atoms with E-state index in [2.05, 4.69) is 51.2 Å². The Balaban J connectivity index is 0.732. The molecule has 546 valence electrons. The van der Waals surface area contributed by atoms with Crippen molar-refractivity contribution in [2.75, 3.05) is 88.9 Å². The number of carbonyl (C=O) groups is 10. The molecule has 1 aliphatic carbocycles. The van der Waals surface area contributed by atoms with Gasteiger partial charge in [-0.1, -0.05) is 31.2 Å². The van der Waals surface area contributed by atoms with Gasteiger partial charge in [0.1, 0.15) is 48.2 Å². The molecule has 0 aliphatic heterocycles. The number of nitrogens with two attached hydrogens (primary N) is 2. The first-order valence-electron chi connectivity index (χ1n) is 33.4. The minimum atomic E-state index is -1.39. The molecule has 4 aromatic heterocycles. The first-order valence-corrected chi connectivity index (χ1v) is 35.5. The van der Waals surface area contributed by atoms with Gasteiger partial charge in [-0.15, -0.1) is 0 Å². The molecular weight excluding hydrogens is 1350 g/mol. The zero-order chi connectivity index (χ0) is 72.8. The number of anilines is 2. The van der Waals surface area contributed by atoms with Crippen LogP contribution in [0.4, 0.5) is 11.9 Å². The highest BCUT2D eigenvalue weighted by atomic mass is 32.2. The van der Waals surface area contributed by atoms with E-state index in [4.69, 9.17) is 35.2 Å². The average molecular weight is 1440 g/mol. The Morgan fingerprint density at radius 3 is 1.42 bits per heavy atom. The lowest BCUT2D eigenvalue weighted by Crippen LogP contribution is -2.41. The first kappa shape index (κ1) is 78.9. The molecule has 0 bridgehead atoms. The van der Waals surface area contributed by atoms with Crippen LogP contribution in [0.2, 0.25) is 0 Å². The predicted octanol–water partition coefficient (Wildman–Crippen LogP) is 3.51. The number of ether oxygens (including phenoxy) is 5. The van der Waals surface area contributed by atoms with E-state index < -0.39 is 53.7 Å². The number of carboxylic acids is 2. The summed E-state index contributed by atoms with van der Waals surface area (Å²) in [6.45, 7) is 3.87. The Kier molecular flexibility index (Phi) is 31.8. The number of fused-ring (bicyclic) bond motifs is 2. The number of ketones is 2. The molecule has 31 nitrogen and oxygen atoms in total. The molecule has 4 unspecified atom stereocenters. The molecule has 1 saturated carbocycles. The van der Waals surface area contributed by atoms with Crippen molar-refractivity contribution in [1.29, 1.82) is 0 Å². The van der Waals surface area contributed by atoms with E-state index in [9.17, 15) is 67.7 Å². The smallest absolute Gasteiger partial charge is 0.326 e. The predicted molar refractivity (Wildman–Crippen MR) is 375 cm³/mol. The zero-order valence-corrected chi connectivity index (χ0v) is 58.0. The number of aromatic amines is 4. The number of aryl methyl sites for hydroxylation is 4. The van der Waals surface area contributed by atoms with E-state index in [1.54, 1.807) is 84.4 Å². The van der Waals surface area contributed by atoms with Gasteiger partial charge in [0.15, 0.2) is 0 Å². The van der Waals surface area contributed by atoms with E-state index in [-0.39, 0.29) is 185 Å². The summed E-state index contributed by atoms with van der Waals surface area (Å²) in [6, 6.07) is 10.4. The molecule has 1 fully saturated rings. The summed E-state index contributed by atoms with van der Waals surface area (Å²) in [5, 5.41) is 31.4. The molecule has 1 aliphatic rings. The largest absolute Gasteiger partial charge is 0.480 e. The van der Waals surface area contributed by atoms with Crippen molar-refractivity contribution in [2.45, 2.75) is 126 Å². The van der Waals surface area contributed by atoms with Gasteiger partial charge in [0, 0.05) is 96.6 Å². The highest BCUT2D eigenvalue weighted by molar-refractivity contribution is 8.04. The van der Waals surface area contributed by atoms with Gasteiger partial charge in [-0.25, -0.2) is 9.59 Å². The van der Waals surface area contributed by atoms with Gasteiger partial charge in [-0.2, -0.15) is 33.5 Å². The second kappa shape index (κ2) is 40.7. The molecule has 0 spiro atoms. The molecule has 6 aromatic rings. The third-order valence-electron chi connectivity index (χ3n) is 16.6. The van der Waals surface area contributed by atoms with Crippen molar-refractivity contribution in [2.24, 2.45) is 11.8 Å². The van der Waals surface area contributed by atoms with Crippen LogP contribution in [0.3, 0.4) is 0 Å². The lowest BCUT2D eigenvalue weighted by Gasteiger charge is -2.37. The molecule has 4 amide bonds. The fourth-order valence-electron chi connectivity index (χ4n) is 10.7. The van der Waals surface area contributed by atoms with Gasteiger partial charge in [-0.3, -0.25) is 57.9 Å². The maximum atomic E-state index is 13.6. The molecule has 14 N–H and O–H groups in total. The molecule has 6 atom stereocenters. The quantitative estimate of drug-likeness (QED) is 0.0192. The maximum absolute atomic E-state index is 13.6.